The van der Waals surface area contributed by atoms with E-state index in [4.69, 9.17) is 5.11 Å². The topological polar surface area (TPSA) is 78.4 Å². The molecule has 0 aliphatic carbocycles. The molecule has 0 unspecified atom stereocenters. The number of nitrogens with one attached hydrogen (secondary N) is 2. The fourth-order valence-electron chi connectivity index (χ4n) is 1.42. The summed E-state index contributed by atoms with van der Waals surface area (Å²) < 4.78 is 0. The molecule has 0 bridgehead atoms. The van der Waals surface area contributed by atoms with Crippen molar-refractivity contribution in [1.82, 2.24) is 10.6 Å². The Morgan fingerprint density at radius 2 is 1.94 bits per heavy atom. The number of hydrogen-bond acceptors (Lipinski definition) is 2. The molecule has 2 amide bonds. The van der Waals surface area contributed by atoms with Crippen LogP contribution in [0.5, 0.6) is 0 Å². The summed E-state index contributed by atoms with van der Waals surface area (Å²) in [7, 11) is 0. The molecule has 1 aromatic carbocycles. The number of urea groups is 1. The van der Waals surface area contributed by atoms with Gasteiger partial charge in [-0.1, -0.05) is 30.3 Å². The zero-order chi connectivity index (χ0) is 12.7. The summed E-state index contributed by atoms with van der Waals surface area (Å²) in [6, 6.07) is 7.81. The van der Waals surface area contributed by atoms with Gasteiger partial charge in [-0.2, -0.15) is 0 Å². The molecule has 92 valence electrons. The Labute approximate surface area is 99.8 Å². The van der Waals surface area contributed by atoms with Gasteiger partial charge < -0.3 is 15.7 Å². The fraction of sp³-hybridized carbons (Fsp3) is 0.333. The van der Waals surface area contributed by atoms with Crippen molar-refractivity contribution in [3.63, 3.8) is 0 Å². The molecule has 5 heteroatoms. The maximum atomic E-state index is 11.3. The Morgan fingerprint density at radius 3 is 2.47 bits per heavy atom. The summed E-state index contributed by atoms with van der Waals surface area (Å²) in [6.07, 6.45) is 0.271. The Balaban J connectivity index is 2.61. The minimum Gasteiger partial charge on any atom is -0.480 e. The lowest BCUT2D eigenvalue weighted by molar-refractivity contribution is -0.139. The number of benzene rings is 1. The van der Waals surface area contributed by atoms with Gasteiger partial charge in [-0.3, -0.25) is 0 Å². The van der Waals surface area contributed by atoms with Crippen molar-refractivity contribution in [2.45, 2.75) is 19.4 Å². The molecule has 1 rings (SSSR count). The average molecular weight is 236 g/mol. The largest absolute Gasteiger partial charge is 0.480 e. The van der Waals surface area contributed by atoms with Crippen molar-refractivity contribution in [3.05, 3.63) is 35.9 Å². The Morgan fingerprint density at radius 1 is 1.29 bits per heavy atom. The number of aliphatic carboxylic acids is 1. The van der Waals surface area contributed by atoms with Crippen LogP contribution in [0.4, 0.5) is 4.79 Å². The van der Waals surface area contributed by atoms with E-state index in [-0.39, 0.29) is 6.42 Å². The second-order valence-corrected chi connectivity index (χ2v) is 3.58. The average Bonchev–Trinajstić information content (AvgIpc) is 2.29. The van der Waals surface area contributed by atoms with Crippen LogP contribution in [0.15, 0.2) is 30.3 Å². The quantitative estimate of drug-likeness (QED) is 0.713. The van der Waals surface area contributed by atoms with Gasteiger partial charge in [0.25, 0.3) is 0 Å². The van der Waals surface area contributed by atoms with Crippen molar-refractivity contribution in [1.29, 1.82) is 0 Å². The second kappa shape index (κ2) is 6.52. The molecule has 0 aliphatic rings. The molecule has 0 spiro atoms. The Kier molecular flexibility index (Phi) is 5.00. The molecule has 0 saturated carbocycles. The number of carboxylic acid groups (broad SMARTS) is 1. The van der Waals surface area contributed by atoms with Crippen LogP contribution >= 0.6 is 0 Å². The van der Waals surface area contributed by atoms with E-state index in [0.29, 0.717) is 6.54 Å². The monoisotopic (exact) mass is 236 g/mol. The predicted molar refractivity (Wildman–Crippen MR) is 63.8 cm³/mol. The number of carbonyl (C=O) groups excluding carboxylic acids is 1. The Bertz CT molecular complexity index is 379. The minimum atomic E-state index is -1.04. The first kappa shape index (κ1) is 13.0. The summed E-state index contributed by atoms with van der Waals surface area (Å²) >= 11 is 0. The summed E-state index contributed by atoms with van der Waals surface area (Å²) in [5.74, 6) is -1.04. The molecule has 1 atom stereocenters. The van der Waals surface area contributed by atoms with E-state index in [2.05, 4.69) is 10.6 Å². The van der Waals surface area contributed by atoms with Gasteiger partial charge >= 0.3 is 12.0 Å². The molecule has 1 aromatic rings. The van der Waals surface area contributed by atoms with Gasteiger partial charge in [0.15, 0.2) is 0 Å². The highest BCUT2D eigenvalue weighted by Crippen LogP contribution is 2.03. The lowest BCUT2D eigenvalue weighted by Gasteiger charge is -2.14. The first-order chi connectivity index (χ1) is 8.13. The van der Waals surface area contributed by atoms with Crippen LogP contribution in [0, 0.1) is 0 Å². The van der Waals surface area contributed by atoms with Crippen LogP contribution in [0.25, 0.3) is 0 Å². The van der Waals surface area contributed by atoms with Gasteiger partial charge in [-0.15, -0.1) is 0 Å². The van der Waals surface area contributed by atoms with E-state index in [9.17, 15) is 9.59 Å². The first-order valence-electron chi connectivity index (χ1n) is 5.44. The van der Waals surface area contributed by atoms with E-state index >= 15 is 0 Å². The van der Waals surface area contributed by atoms with E-state index < -0.39 is 18.0 Å². The van der Waals surface area contributed by atoms with E-state index in [1.807, 2.05) is 30.3 Å². The van der Waals surface area contributed by atoms with Crippen LogP contribution < -0.4 is 10.6 Å². The molecule has 0 aromatic heterocycles. The zero-order valence-corrected chi connectivity index (χ0v) is 9.64. The number of hydrogen-bond donors (Lipinski definition) is 3. The van der Waals surface area contributed by atoms with Crippen LogP contribution in [0.2, 0.25) is 0 Å². The first-order valence-corrected chi connectivity index (χ1v) is 5.44. The molecular weight excluding hydrogens is 220 g/mol. The fourth-order valence-corrected chi connectivity index (χ4v) is 1.42. The summed E-state index contributed by atoms with van der Waals surface area (Å²) in [4.78, 5) is 22.3. The summed E-state index contributed by atoms with van der Waals surface area (Å²) in [5.41, 5.74) is 0.872. The van der Waals surface area contributed by atoms with E-state index in [1.165, 1.54) is 0 Å². The van der Waals surface area contributed by atoms with Crippen molar-refractivity contribution < 1.29 is 14.7 Å². The van der Waals surface area contributed by atoms with Crippen LogP contribution in [-0.4, -0.2) is 29.7 Å². The lowest BCUT2D eigenvalue weighted by atomic mass is 10.1. The zero-order valence-electron chi connectivity index (χ0n) is 9.64. The van der Waals surface area contributed by atoms with E-state index in [0.717, 1.165) is 5.56 Å². The van der Waals surface area contributed by atoms with Crippen molar-refractivity contribution in [2.75, 3.05) is 6.54 Å². The third kappa shape index (κ3) is 4.55. The highest BCUT2D eigenvalue weighted by Gasteiger charge is 2.19. The van der Waals surface area contributed by atoms with Gasteiger partial charge in [-0.05, 0) is 12.5 Å². The van der Waals surface area contributed by atoms with Gasteiger partial charge in [0.2, 0.25) is 0 Å². The molecule has 17 heavy (non-hydrogen) atoms. The number of carboxylic acids is 1. The smallest absolute Gasteiger partial charge is 0.326 e. The molecule has 0 saturated heterocycles. The Hall–Kier alpha value is -2.04. The molecule has 0 aliphatic heterocycles. The molecule has 0 fully saturated rings. The third-order valence-electron chi connectivity index (χ3n) is 2.22. The summed E-state index contributed by atoms with van der Waals surface area (Å²) in [6.45, 7) is 2.23. The van der Waals surface area contributed by atoms with Gasteiger partial charge in [-0.25, -0.2) is 9.59 Å². The van der Waals surface area contributed by atoms with Crippen molar-refractivity contribution in [3.8, 4) is 0 Å². The second-order valence-electron chi connectivity index (χ2n) is 3.58. The number of carbonyl (C=O) groups is 2. The maximum Gasteiger partial charge on any atom is 0.326 e. The van der Waals surface area contributed by atoms with Gasteiger partial charge in [0, 0.05) is 13.0 Å². The van der Waals surface area contributed by atoms with Crippen LogP contribution in [0.1, 0.15) is 12.5 Å². The molecular formula is C12H16N2O3. The molecule has 0 heterocycles. The highest BCUT2D eigenvalue weighted by molar-refractivity contribution is 5.82. The van der Waals surface area contributed by atoms with Crippen molar-refractivity contribution >= 4 is 12.0 Å². The summed E-state index contributed by atoms with van der Waals surface area (Å²) in [5, 5.41) is 13.9. The number of rotatable bonds is 5. The van der Waals surface area contributed by atoms with Crippen LogP contribution in [-0.2, 0) is 11.2 Å². The molecule has 0 radical (unpaired) electrons. The standard InChI is InChI=1S/C12H16N2O3/c1-2-13-12(17)14-10(11(15)16)8-9-6-4-3-5-7-9/h3-7,10H,2,8H2,1H3,(H,15,16)(H2,13,14,17)/t10-/m0/s1. The molecule has 5 nitrogen and oxygen atoms in total. The SMILES string of the molecule is CCNC(=O)N[C@@H](Cc1ccccc1)C(=O)O. The van der Waals surface area contributed by atoms with Crippen LogP contribution in [0.3, 0.4) is 0 Å². The maximum absolute atomic E-state index is 11.3. The lowest BCUT2D eigenvalue weighted by Crippen LogP contribution is -2.47. The van der Waals surface area contributed by atoms with Crippen molar-refractivity contribution in [2.24, 2.45) is 0 Å². The molecule has 3 N–H and O–H groups in total. The third-order valence-corrected chi connectivity index (χ3v) is 2.22. The normalized spacial score (nSPS) is 11.6. The number of amides is 2. The highest BCUT2D eigenvalue weighted by atomic mass is 16.4. The minimum absolute atomic E-state index is 0.271. The predicted octanol–water partition coefficient (Wildman–Crippen LogP) is 1.00. The van der Waals surface area contributed by atoms with Gasteiger partial charge in [0.05, 0.1) is 0 Å². The van der Waals surface area contributed by atoms with E-state index in [1.54, 1.807) is 6.92 Å². The van der Waals surface area contributed by atoms with Gasteiger partial charge in [0.1, 0.15) is 6.04 Å².